The zero-order chi connectivity index (χ0) is 32.2. The van der Waals surface area contributed by atoms with Gasteiger partial charge in [-0.3, -0.25) is 19.4 Å². The number of aliphatic imine (C=N–C) groups is 1. The highest BCUT2D eigenvalue weighted by Gasteiger charge is 2.31. The molecule has 3 aromatic rings. The Labute approximate surface area is 254 Å². The summed E-state index contributed by atoms with van der Waals surface area (Å²) in [5.41, 5.74) is 19.1. The number of guanidine groups is 1. The van der Waals surface area contributed by atoms with Crippen LogP contribution in [0.1, 0.15) is 44.4 Å². The van der Waals surface area contributed by atoms with Crippen molar-refractivity contribution in [2.24, 2.45) is 28.1 Å². The van der Waals surface area contributed by atoms with Crippen LogP contribution >= 0.6 is 0 Å². The molecule has 0 fully saturated rings. The summed E-state index contributed by atoms with van der Waals surface area (Å²) in [5.74, 6) is -3.09. The molecule has 3 amide bonds. The van der Waals surface area contributed by atoms with Crippen molar-refractivity contribution in [1.29, 1.82) is 0 Å². The van der Waals surface area contributed by atoms with Crippen LogP contribution in [-0.2, 0) is 32.0 Å². The number of nitrogens with one attached hydrogen (secondary N) is 5. The number of nitrogens with zero attached hydrogens (tertiary/aromatic N) is 2. The van der Waals surface area contributed by atoms with Crippen molar-refractivity contribution in [2.45, 2.75) is 70.1 Å². The quantitative estimate of drug-likeness (QED) is 0.0548. The molecule has 0 aliphatic heterocycles. The van der Waals surface area contributed by atoms with Gasteiger partial charge in [0, 0.05) is 48.4 Å². The summed E-state index contributed by atoms with van der Waals surface area (Å²) in [6.45, 7) is 4.05. The highest BCUT2D eigenvalue weighted by molar-refractivity contribution is 5.95. The number of aromatic nitrogens is 3. The van der Waals surface area contributed by atoms with Crippen LogP contribution in [0, 0.1) is 5.92 Å². The molecule has 0 aliphatic rings. The number of imidazole rings is 1. The first-order valence-corrected chi connectivity index (χ1v) is 14.4. The molecule has 0 aliphatic carbocycles. The highest BCUT2D eigenvalue weighted by Crippen LogP contribution is 2.19. The average Bonchev–Trinajstić information content (AvgIpc) is 3.63. The van der Waals surface area contributed by atoms with Crippen molar-refractivity contribution in [3.8, 4) is 0 Å². The maximum absolute atomic E-state index is 13.8. The lowest BCUT2D eigenvalue weighted by Crippen LogP contribution is -2.57. The molecule has 15 heteroatoms. The number of para-hydroxylation sites is 1. The predicted octanol–water partition coefficient (Wildman–Crippen LogP) is -0.358. The number of rotatable bonds is 17. The molecular weight excluding hydrogens is 568 g/mol. The van der Waals surface area contributed by atoms with E-state index in [9.17, 15) is 24.3 Å². The molecule has 4 atom stereocenters. The minimum atomic E-state index is -1.30. The van der Waals surface area contributed by atoms with Gasteiger partial charge in [-0.15, -0.1) is 0 Å². The van der Waals surface area contributed by atoms with Crippen LogP contribution in [0.15, 0.2) is 48.0 Å². The van der Waals surface area contributed by atoms with Gasteiger partial charge in [0.2, 0.25) is 17.7 Å². The number of nitrogens with two attached hydrogens (primary N) is 3. The van der Waals surface area contributed by atoms with Crippen molar-refractivity contribution in [3.63, 3.8) is 0 Å². The number of hydrogen-bond donors (Lipinski definition) is 9. The Morgan fingerprint density at radius 2 is 1.64 bits per heavy atom. The maximum atomic E-state index is 13.8. The summed E-state index contributed by atoms with van der Waals surface area (Å²) in [5, 5.41) is 18.6. The van der Waals surface area contributed by atoms with E-state index in [1.54, 1.807) is 6.20 Å². The molecule has 1 aromatic carbocycles. The van der Waals surface area contributed by atoms with E-state index in [0.29, 0.717) is 18.5 Å². The summed E-state index contributed by atoms with van der Waals surface area (Å²) < 4.78 is 0. The molecule has 15 nitrogen and oxygen atoms in total. The van der Waals surface area contributed by atoms with Crippen LogP contribution in [-0.4, -0.2) is 80.4 Å². The first kappa shape index (κ1) is 33.6. The van der Waals surface area contributed by atoms with Gasteiger partial charge in [-0.2, -0.15) is 0 Å². The van der Waals surface area contributed by atoms with E-state index in [0.717, 1.165) is 16.5 Å². The SMILES string of the molecule is CC(C)CC(N)C(=O)NC(Cc1c[nH]c2ccccc12)C(=O)NC(CCCN=C(N)N)C(=O)NC(Cc1cnc[nH]1)C(=O)O. The molecule has 0 radical (unpaired) electrons. The maximum Gasteiger partial charge on any atom is 0.326 e. The average molecular weight is 611 g/mol. The van der Waals surface area contributed by atoms with Crippen LogP contribution in [0.5, 0.6) is 0 Å². The third-order valence-electron chi connectivity index (χ3n) is 6.97. The Hall–Kier alpha value is -4.92. The predicted molar refractivity (Wildman–Crippen MR) is 165 cm³/mol. The fraction of sp³-hybridized carbons (Fsp3) is 0.448. The highest BCUT2D eigenvalue weighted by atomic mass is 16.4. The number of carbonyl (C=O) groups is 4. The zero-order valence-corrected chi connectivity index (χ0v) is 24.9. The Bertz CT molecular complexity index is 1430. The van der Waals surface area contributed by atoms with Gasteiger partial charge >= 0.3 is 5.97 Å². The van der Waals surface area contributed by atoms with Gasteiger partial charge in [-0.25, -0.2) is 9.78 Å². The fourth-order valence-corrected chi connectivity index (χ4v) is 4.76. The summed E-state index contributed by atoms with van der Waals surface area (Å²) in [7, 11) is 0. The third-order valence-corrected chi connectivity index (χ3v) is 6.97. The van der Waals surface area contributed by atoms with Crippen LogP contribution in [0.3, 0.4) is 0 Å². The molecule has 0 saturated heterocycles. The van der Waals surface area contributed by atoms with E-state index in [1.807, 2.05) is 38.1 Å². The van der Waals surface area contributed by atoms with E-state index in [2.05, 4.69) is 35.9 Å². The summed E-state index contributed by atoms with van der Waals surface area (Å²) >= 11 is 0. The number of benzene rings is 1. The monoisotopic (exact) mass is 610 g/mol. The lowest BCUT2D eigenvalue weighted by atomic mass is 10.0. The van der Waals surface area contributed by atoms with Gasteiger partial charge in [0.25, 0.3) is 0 Å². The Morgan fingerprint density at radius 3 is 2.30 bits per heavy atom. The zero-order valence-electron chi connectivity index (χ0n) is 24.9. The first-order chi connectivity index (χ1) is 20.9. The molecule has 44 heavy (non-hydrogen) atoms. The van der Waals surface area contributed by atoms with Crippen molar-refractivity contribution in [3.05, 3.63) is 54.2 Å². The molecule has 238 valence electrons. The molecule has 0 spiro atoms. The van der Waals surface area contributed by atoms with Gasteiger partial charge in [-0.1, -0.05) is 32.0 Å². The van der Waals surface area contributed by atoms with E-state index in [4.69, 9.17) is 17.2 Å². The second-order valence-electron chi connectivity index (χ2n) is 11.1. The van der Waals surface area contributed by atoms with Gasteiger partial charge in [0.1, 0.15) is 18.1 Å². The normalized spacial score (nSPS) is 13.9. The summed E-state index contributed by atoms with van der Waals surface area (Å²) in [4.78, 5) is 65.9. The molecule has 0 bridgehead atoms. The number of carbonyl (C=O) groups excluding carboxylic acids is 3. The van der Waals surface area contributed by atoms with Gasteiger partial charge in [-0.05, 0) is 36.8 Å². The number of aliphatic carboxylic acids is 1. The molecule has 3 rings (SSSR count). The Kier molecular flexibility index (Phi) is 12.3. The van der Waals surface area contributed by atoms with Gasteiger partial charge in [0.05, 0.1) is 12.4 Å². The lowest BCUT2D eigenvalue weighted by Gasteiger charge is -2.25. The van der Waals surface area contributed by atoms with Gasteiger partial charge in [0.15, 0.2) is 5.96 Å². The summed E-state index contributed by atoms with van der Waals surface area (Å²) in [6, 6.07) is 3.15. The van der Waals surface area contributed by atoms with Crippen molar-refractivity contribution < 1.29 is 24.3 Å². The lowest BCUT2D eigenvalue weighted by molar-refractivity contribution is -0.142. The molecule has 0 saturated carbocycles. The van der Waals surface area contributed by atoms with Gasteiger partial charge < -0.3 is 48.2 Å². The second kappa shape index (κ2) is 16.1. The van der Waals surface area contributed by atoms with Crippen molar-refractivity contribution in [2.75, 3.05) is 6.54 Å². The van der Waals surface area contributed by atoms with Crippen LogP contribution in [0.25, 0.3) is 10.9 Å². The smallest absolute Gasteiger partial charge is 0.326 e. The van der Waals surface area contributed by atoms with Crippen LogP contribution in [0.4, 0.5) is 0 Å². The topological polar surface area (TPSA) is 259 Å². The summed E-state index contributed by atoms with van der Waals surface area (Å²) in [6.07, 6.45) is 5.47. The van der Waals surface area contributed by atoms with E-state index < -0.39 is 47.9 Å². The molecule has 2 heterocycles. The molecule has 12 N–H and O–H groups in total. The fourth-order valence-electron chi connectivity index (χ4n) is 4.76. The van der Waals surface area contributed by atoms with Crippen LogP contribution < -0.4 is 33.2 Å². The number of hydrogen-bond acceptors (Lipinski definition) is 7. The van der Waals surface area contributed by atoms with Crippen molar-refractivity contribution in [1.82, 2.24) is 30.9 Å². The molecular formula is C29H42N10O5. The number of carboxylic acid groups (broad SMARTS) is 1. The number of carboxylic acids is 1. The van der Waals surface area contributed by atoms with Crippen LogP contribution in [0.2, 0.25) is 0 Å². The van der Waals surface area contributed by atoms with E-state index in [-0.39, 0.29) is 37.7 Å². The Morgan fingerprint density at radius 1 is 0.955 bits per heavy atom. The molecule has 4 unspecified atom stereocenters. The standard InChI is InChI=1S/C29H42N10O5/c1-16(2)10-20(30)25(40)38-23(11-17-13-35-21-7-4-3-6-19(17)21)27(42)37-22(8-5-9-34-29(31)32)26(41)39-24(28(43)44)12-18-14-33-15-36-18/h3-4,6-7,13-16,20,22-24,35H,5,8-12,30H2,1-2H3,(H,33,36)(H,37,42)(H,38,40)(H,39,41)(H,43,44)(H4,31,32,34). The number of fused-ring (bicyclic) bond motifs is 1. The number of aromatic amines is 2. The number of H-pyrrole nitrogens is 2. The Balaban J connectivity index is 1.84. The first-order valence-electron chi connectivity index (χ1n) is 14.4. The largest absolute Gasteiger partial charge is 0.480 e. The van der Waals surface area contributed by atoms with Crippen molar-refractivity contribution >= 4 is 40.6 Å². The minimum Gasteiger partial charge on any atom is -0.480 e. The number of amides is 3. The van der Waals surface area contributed by atoms with E-state index in [1.165, 1.54) is 12.5 Å². The second-order valence-corrected chi connectivity index (χ2v) is 11.1. The third kappa shape index (κ3) is 10.1. The minimum absolute atomic E-state index is 0.0529. The van der Waals surface area contributed by atoms with E-state index >= 15 is 0 Å². The molecule has 2 aromatic heterocycles.